The number of likely N-dealkylation sites (N-methyl/N-ethyl adjacent to an activating group) is 1. The largest absolute Gasteiger partial charge is 0.481 e. The fourth-order valence-corrected chi connectivity index (χ4v) is 6.62. The molecule has 0 saturated carbocycles. The second-order valence-electron chi connectivity index (χ2n) is 17.0. The van der Waals surface area contributed by atoms with Gasteiger partial charge in [0.15, 0.2) is 5.96 Å². The van der Waals surface area contributed by atoms with Crippen molar-refractivity contribution in [1.82, 2.24) is 57.8 Å². The first-order chi connectivity index (χ1) is 32.6. The number of hydrogen-bond acceptors (Lipinski definition) is 15. The van der Waals surface area contributed by atoms with Gasteiger partial charge in [0.05, 0.1) is 24.5 Å². The van der Waals surface area contributed by atoms with Crippen molar-refractivity contribution in [2.75, 3.05) is 33.2 Å². The van der Waals surface area contributed by atoms with E-state index < -0.39 is 132 Å². The first kappa shape index (κ1) is 61.1. The number of hydroxylamine groups is 2. The predicted octanol–water partition coefficient (Wildman–Crippen LogP) is -5.33. The number of guanidine groups is 1. The van der Waals surface area contributed by atoms with Gasteiger partial charge in [-0.25, -0.2) is 5.06 Å². The number of hydrogen-bond donors (Lipinski definition) is 15. The number of carbonyl (C=O) groups is 11. The van der Waals surface area contributed by atoms with Crippen LogP contribution in [0.3, 0.4) is 0 Å². The highest BCUT2D eigenvalue weighted by molar-refractivity contribution is 6.01. The number of amides is 10. The van der Waals surface area contributed by atoms with Crippen LogP contribution in [0, 0.1) is 17.2 Å². The minimum atomic E-state index is -1.70. The Balaban J connectivity index is 3.08. The molecule has 10 atom stereocenters. The van der Waals surface area contributed by atoms with E-state index in [2.05, 4.69) is 47.9 Å². The number of carbonyl (C=O) groups excluding carboxylic acids is 10. The highest BCUT2D eigenvalue weighted by Crippen LogP contribution is 2.13. The summed E-state index contributed by atoms with van der Waals surface area (Å²) in [6, 6.07) is -8.74. The SMILES string of the molecule is C/C=C(/NC(=O)CNC(=O)C(C)NC(=O)C(NC(=O)C(C)C(O)C(C)N)C(C)C(=O)O)C(=O)NC(CCCN(O)C(C)=O)C(=O)NC(C)C(=O)NC(CCCNC(=N)N)C(=O)NC1CCCN(C)C1=O. The van der Waals surface area contributed by atoms with Crippen molar-refractivity contribution in [1.29, 1.82) is 5.41 Å². The molecule has 70 heavy (non-hydrogen) atoms. The van der Waals surface area contributed by atoms with Crippen LogP contribution >= 0.6 is 0 Å². The van der Waals surface area contributed by atoms with Gasteiger partial charge in [0, 0.05) is 39.6 Å². The van der Waals surface area contributed by atoms with Crippen LogP contribution in [0.25, 0.3) is 0 Å². The third-order valence-electron chi connectivity index (χ3n) is 11.1. The monoisotopic (exact) mass is 997 g/mol. The minimum Gasteiger partial charge on any atom is -0.481 e. The van der Waals surface area contributed by atoms with Crippen LogP contribution in [-0.2, 0) is 52.7 Å². The average molecular weight is 997 g/mol. The number of aliphatic carboxylic acids is 1. The molecule has 1 heterocycles. The summed E-state index contributed by atoms with van der Waals surface area (Å²) in [7, 11) is 1.60. The number of nitrogens with two attached hydrogens (primary N) is 2. The molecule has 0 spiro atoms. The van der Waals surface area contributed by atoms with Crippen molar-refractivity contribution in [3.8, 4) is 0 Å². The summed E-state index contributed by atoms with van der Waals surface area (Å²) in [5.41, 5.74) is 10.6. The zero-order chi connectivity index (χ0) is 53.6. The number of carboxylic acids is 1. The Labute approximate surface area is 405 Å². The molecule has 0 aliphatic carbocycles. The summed E-state index contributed by atoms with van der Waals surface area (Å²) in [4.78, 5) is 143. The van der Waals surface area contributed by atoms with E-state index in [1.54, 1.807) is 7.05 Å². The van der Waals surface area contributed by atoms with Gasteiger partial charge in [-0.15, -0.1) is 0 Å². The molecule has 1 rings (SSSR count). The minimum absolute atomic E-state index is 0.0381. The van der Waals surface area contributed by atoms with Gasteiger partial charge in [0.2, 0.25) is 53.2 Å². The van der Waals surface area contributed by atoms with Crippen LogP contribution in [0.1, 0.15) is 87.0 Å². The molecule has 0 aromatic heterocycles. The Morgan fingerprint density at radius 3 is 1.97 bits per heavy atom. The normalized spacial score (nSPS) is 17.5. The van der Waals surface area contributed by atoms with Crippen LogP contribution in [-0.4, -0.2) is 178 Å². The smallest absolute Gasteiger partial charge is 0.308 e. The number of likely N-dealkylation sites (tertiary alicyclic amines) is 1. The standard InChI is InChI=1S/C42H72N14O14/c1-9-26(50-30(58)19-47-34(61)23(5)49-39(66)31(20(2)41(68)69)54-33(60)21(3)32(59)22(4)43)36(63)52-28(14-12-18-56(70)25(7)57)37(64)48-24(6)35(62)51-27(13-10-16-46-42(44)45)38(65)53-29-15-11-17-55(8)40(29)67/h9,20-24,27-29,31-32,59,70H,10-19,43H2,1-8H3,(H,47,61)(H,48,64)(H,49,66)(H,50,58)(H,51,62)(H,52,63)(H,53,65)(H,54,60)(H,68,69)(H4,44,45,46)/b26-9+. The lowest BCUT2D eigenvalue weighted by molar-refractivity contribution is -0.163. The number of piperidine rings is 1. The predicted molar refractivity (Wildman–Crippen MR) is 248 cm³/mol. The fourth-order valence-electron chi connectivity index (χ4n) is 6.62. The number of allylic oxidation sites excluding steroid dienone is 1. The summed E-state index contributed by atoms with van der Waals surface area (Å²) >= 11 is 0. The van der Waals surface area contributed by atoms with Crippen LogP contribution in [0.2, 0.25) is 0 Å². The molecule has 1 aliphatic heterocycles. The molecule has 28 heteroatoms. The summed E-state index contributed by atoms with van der Waals surface area (Å²) in [6.07, 6.45) is 0.862. The van der Waals surface area contributed by atoms with Crippen molar-refractivity contribution >= 4 is 71.0 Å². The van der Waals surface area contributed by atoms with Gasteiger partial charge in [0.25, 0.3) is 5.91 Å². The van der Waals surface area contributed by atoms with E-state index in [1.807, 2.05) is 0 Å². The number of aliphatic hydroxyl groups excluding tert-OH is 1. The van der Waals surface area contributed by atoms with Crippen molar-refractivity contribution in [2.24, 2.45) is 23.3 Å². The molecule has 394 valence electrons. The van der Waals surface area contributed by atoms with Crippen molar-refractivity contribution in [3.63, 3.8) is 0 Å². The van der Waals surface area contributed by atoms with Crippen molar-refractivity contribution in [3.05, 3.63) is 11.8 Å². The zero-order valence-electron chi connectivity index (χ0n) is 40.8. The third kappa shape index (κ3) is 20.7. The molecule has 10 amide bonds. The highest BCUT2D eigenvalue weighted by Gasteiger charge is 2.36. The molecular formula is C42H72N14O14. The zero-order valence-corrected chi connectivity index (χ0v) is 40.8. The summed E-state index contributed by atoms with van der Waals surface area (Å²) in [5.74, 6) is -12.7. The maximum absolute atomic E-state index is 13.7. The molecule has 0 aromatic rings. The number of rotatable bonds is 28. The van der Waals surface area contributed by atoms with Gasteiger partial charge < -0.3 is 74.4 Å². The van der Waals surface area contributed by atoms with E-state index in [0.717, 1.165) is 19.9 Å². The van der Waals surface area contributed by atoms with Crippen LogP contribution in [0.15, 0.2) is 11.8 Å². The number of carboxylic acid groups (broad SMARTS) is 1. The lowest BCUT2D eigenvalue weighted by atomic mass is 9.96. The van der Waals surface area contributed by atoms with Gasteiger partial charge in [-0.1, -0.05) is 13.0 Å². The Bertz CT molecular complexity index is 1950. The Hall–Kier alpha value is -6.94. The molecule has 1 saturated heterocycles. The average Bonchev–Trinajstić information content (AvgIpc) is 3.29. The lowest BCUT2D eigenvalue weighted by Gasteiger charge is -2.31. The Morgan fingerprint density at radius 1 is 0.814 bits per heavy atom. The second-order valence-corrected chi connectivity index (χ2v) is 17.0. The van der Waals surface area contributed by atoms with E-state index >= 15 is 0 Å². The van der Waals surface area contributed by atoms with E-state index in [1.165, 1.54) is 39.5 Å². The van der Waals surface area contributed by atoms with Gasteiger partial charge in [-0.3, -0.25) is 63.4 Å². The maximum Gasteiger partial charge on any atom is 0.308 e. The van der Waals surface area contributed by atoms with Gasteiger partial charge in [-0.2, -0.15) is 0 Å². The summed E-state index contributed by atoms with van der Waals surface area (Å²) in [6.45, 7) is 8.51. The highest BCUT2D eigenvalue weighted by atomic mass is 16.5. The first-order valence-electron chi connectivity index (χ1n) is 22.7. The van der Waals surface area contributed by atoms with Crippen LogP contribution in [0.4, 0.5) is 0 Å². The quantitative estimate of drug-likeness (QED) is 0.00869. The summed E-state index contributed by atoms with van der Waals surface area (Å²) < 4.78 is 0. The topological polar surface area (TPSA) is 439 Å². The second kappa shape index (κ2) is 29.8. The third-order valence-corrected chi connectivity index (χ3v) is 11.1. The molecular weight excluding hydrogens is 925 g/mol. The molecule has 0 aromatic carbocycles. The number of nitrogens with zero attached hydrogens (tertiary/aromatic N) is 2. The van der Waals surface area contributed by atoms with Gasteiger partial charge in [-0.05, 0) is 73.1 Å². The van der Waals surface area contributed by atoms with Crippen molar-refractivity contribution < 1.29 is 68.2 Å². The number of nitrogens with one attached hydrogen (secondary N) is 10. The van der Waals surface area contributed by atoms with Gasteiger partial charge in [0.1, 0.15) is 41.9 Å². The lowest BCUT2D eigenvalue weighted by Crippen LogP contribution is -2.58. The Kier molecular flexibility index (Phi) is 26.0. The fraction of sp³-hybridized carbons (Fsp3) is 0.667. The van der Waals surface area contributed by atoms with Gasteiger partial charge >= 0.3 is 5.97 Å². The molecule has 1 fully saturated rings. The van der Waals surface area contributed by atoms with E-state index in [4.69, 9.17) is 16.9 Å². The first-order valence-corrected chi connectivity index (χ1v) is 22.7. The molecule has 17 N–H and O–H groups in total. The molecule has 10 unspecified atom stereocenters. The van der Waals surface area contributed by atoms with Crippen LogP contribution < -0.4 is 59.3 Å². The van der Waals surface area contributed by atoms with Crippen LogP contribution in [0.5, 0.6) is 0 Å². The number of aliphatic hydroxyl groups is 1. The molecule has 0 radical (unpaired) electrons. The summed E-state index contributed by atoms with van der Waals surface area (Å²) in [5, 5.41) is 59.2. The van der Waals surface area contributed by atoms with E-state index in [-0.39, 0.29) is 50.6 Å². The molecule has 28 nitrogen and oxygen atoms in total. The Morgan fingerprint density at radius 2 is 1.40 bits per heavy atom. The van der Waals surface area contributed by atoms with Crippen molar-refractivity contribution in [2.45, 2.75) is 135 Å². The molecule has 1 aliphatic rings. The van der Waals surface area contributed by atoms with E-state index in [0.29, 0.717) is 24.4 Å². The maximum atomic E-state index is 13.7. The van der Waals surface area contributed by atoms with E-state index in [9.17, 15) is 68.2 Å². The molecule has 0 bridgehead atoms.